The van der Waals surface area contributed by atoms with Crippen LogP contribution in [0.1, 0.15) is 43.0 Å². The van der Waals surface area contributed by atoms with Crippen molar-refractivity contribution in [3.05, 3.63) is 23.8 Å². The Labute approximate surface area is 166 Å². The van der Waals surface area contributed by atoms with Gasteiger partial charge in [-0.3, -0.25) is 4.79 Å². The van der Waals surface area contributed by atoms with Gasteiger partial charge < -0.3 is 24.2 Å². The normalized spacial score (nSPS) is 19.5. The van der Waals surface area contributed by atoms with Crippen LogP contribution in [0.4, 0.5) is 5.69 Å². The summed E-state index contributed by atoms with van der Waals surface area (Å²) in [5.74, 6) is -0.244. The van der Waals surface area contributed by atoms with Crippen LogP contribution < -0.4 is 4.90 Å². The molecule has 0 aromatic heterocycles. The molecule has 1 aromatic rings. The standard InChI is InChI=1S/C21H31NO6/c1-14-5-7-15(8-6-14)20(24)22(16(12-26-2)13-27-3)19-10-9-17(23)11-18(19)21(25)28-4/h9-11,14-16,23H,5-8,12-13H2,1-4H3. The SMILES string of the molecule is COCC(COC)N(C(=O)C1CCC(C)CC1)c1ccc(O)cc1C(=O)OC. The number of rotatable bonds is 8. The summed E-state index contributed by atoms with van der Waals surface area (Å²) in [6.45, 7) is 2.71. The van der Waals surface area contributed by atoms with Crippen LogP contribution in [-0.4, -0.2) is 57.6 Å². The van der Waals surface area contributed by atoms with E-state index in [1.54, 1.807) is 25.2 Å². The molecule has 0 atom stereocenters. The molecule has 1 aromatic carbocycles. The Bertz CT molecular complexity index is 663. The minimum absolute atomic E-state index is 0.0538. The van der Waals surface area contributed by atoms with E-state index in [0.29, 0.717) is 11.6 Å². The third-order valence-corrected chi connectivity index (χ3v) is 5.33. The first-order chi connectivity index (χ1) is 13.4. The smallest absolute Gasteiger partial charge is 0.340 e. The summed E-state index contributed by atoms with van der Waals surface area (Å²) in [5.41, 5.74) is 0.532. The minimum atomic E-state index is -0.616. The second-order valence-corrected chi connectivity index (χ2v) is 7.42. The van der Waals surface area contributed by atoms with Crippen LogP contribution in [0.25, 0.3) is 0 Å². The van der Waals surface area contributed by atoms with E-state index in [0.717, 1.165) is 25.7 Å². The third-order valence-electron chi connectivity index (χ3n) is 5.33. The summed E-state index contributed by atoms with van der Waals surface area (Å²) in [5, 5.41) is 9.86. The van der Waals surface area contributed by atoms with Crippen molar-refractivity contribution < 1.29 is 28.9 Å². The monoisotopic (exact) mass is 393 g/mol. The van der Waals surface area contributed by atoms with Crippen molar-refractivity contribution in [2.45, 2.75) is 38.6 Å². The van der Waals surface area contributed by atoms with E-state index in [2.05, 4.69) is 6.92 Å². The van der Waals surface area contributed by atoms with E-state index in [4.69, 9.17) is 14.2 Å². The molecule has 1 aliphatic carbocycles. The molecule has 0 radical (unpaired) electrons. The quantitative estimate of drug-likeness (QED) is 0.684. The zero-order chi connectivity index (χ0) is 20.7. The first kappa shape index (κ1) is 22.2. The Kier molecular flexibility index (Phi) is 8.26. The van der Waals surface area contributed by atoms with Gasteiger partial charge in [0.15, 0.2) is 0 Å². The Morgan fingerprint density at radius 2 is 1.71 bits per heavy atom. The van der Waals surface area contributed by atoms with Crippen molar-refractivity contribution in [2.75, 3.05) is 39.4 Å². The topological polar surface area (TPSA) is 85.3 Å². The molecule has 0 heterocycles. The lowest BCUT2D eigenvalue weighted by Crippen LogP contribution is -2.49. The van der Waals surface area contributed by atoms with Crippen LogP contribution in [0.15, 0.2) is 18.2 Å². The van der Waals surface area contributed by atoms with Gasteiger partial charge in [0.2, 0.25) is 5.91 Å². The van der Waals surface area contributed by atoms with Gasteiger partial charge in [-0.25, -0.2) is 4.79 Å². The predicted molar refractivity (Wildman–Crippen MR) is 106 cm³/mol. The molecule has 0 unspecified atom stereocenters. The number of aromatic hydroxyl groups is 1. The van der Waals surface area contributed by atoms with Gasteiger partial charge in [0.25, 0.3) is 0 Å². The van der Waals surface area contributed by atoms with Gasteiger partial charge >= 0.3 is 5.97 Å². The Morgan fingerprint density at radius 1 is 1.11 bits per heavy atom. The lowest BCUT2D eigenvalue weighted by molar-refractivity contribution is -0.124. The number of ether oxygens (including phenoxy) is 3. The summed E-state index contributed by atoms with van der Waals surface area (Å²) < 4.78 is 15.5. The summed E-state index contributed by atoms with van der Waals surface area (Å²) in [4.78, 5) is 27.5. The van der Waals surface area contributed by atoms with Gasteiger partial charge in [-0.05, 0) is 49.8 Å². The Hall–Kier alpha value is -2.12. The number of phenolic OH excluding ortho intramolecular Hbond substituents is 1. The van der Waals surface area contributed by atoms with Crippen LogP contribution >= 0.6 is 0 Å². The van der Waals surface area contributed by atoms with Gasteiger partial charge in [-0.2, -0.15) is 0 Å². The molecule has 1 amide bonds. The van der Waals surface area contributed by atoms with Crippen LogP contribution in [0.2, 0.25) is 0 Å². The minimum Gasteiger partial charge on any atom is -0.508 e. The van der Waals surface area contributed by atoms with E-state index in [9.17, 15) is 14.7 Å². The number of methoxy groups -OCH3 is 3. The second-order valence-electron chi connectivity index (χ2n) is 7.42. The number of hydrogen-bond donors (Lipinski definition) is 1. The molecular formula is C21H31NO6. The number of anilines is 1. The summed E-state index contributed by atoms with van der Waals surface area (Å²) in [6.07, 6.45) is 3.63. The van der Waals surface area contributed by atoms with Crippen molar-refractivity contribution in [2.24, 2.45) is 11.8 Å². The molecule has 1 N–H and O–H groups in total. The molecule has 0 saturated heterocycles. The number of benzene rings is 1. The molecule has 0 aliphatic heterocycles. The molecule has 2 rings (SSSR count). The predicted octanol–water partition coefficient (Wildman–Crippen LogP) is 3.00. The first-order valence-electron chi connectivity index (χ1n) is 9.65. The average Bonchev–Trinajstić information content (AvgIpc) is 2.69. The van der Waals surface area contributed by atoms with E-state index >= 15 is 0 Å². The molecule has 156 valence electrons. The molecular weight excluding hydrogens is 362 g/mol. The maximum absolute atomic E-state index is 13.5. The maximum Gasteiger partial charge on any atom is 0.340 e. The molecule has 1 aliphatic rings. The fraction of sp³-hybridized carbons (Fsp3) is 0.619. The Balaban J connectivity index is 2.49. The van der Waals surface area contributed by atoms with Crippen molar-refractivity contribution in [1.29, 1.82) is 0 Å². The lowest BCUT2D eigenvalue weighted by Gasteiger charge is -2.36. The van der Waals surface area contributed by atoms with Crippen molar-refractivity contribution in [1.82, 2.24) is 0 Å². The molecule has 7 heteroatoms. The molecule has 1 saturated carbocycles. The highest BCUT2D eigenvalue weighted by Crippen LogP contribution is 2.34. The van der Waals surface area contributed by atoms with Crippen molar-refractivity contribution >= 4 is 17.6 Å². The van der Waals surface area contributed by atoms with Crippen LogP contribution in [-0.2, 0) is 19.0 Å². The van der Waals surface area contributed by atoms with Gasteiger partial charge in [-0.1, -0.05) is 6.92 Å². The fourth-order valence-electron chi connectivity index (χ4n) is 3.79. The molecule has 0 spiro atoms. The van der Waals surface area contributed by atoms with Crippen molar-refractivity contribution in [3.63, 3.8) is 0 Å². The fourth-order valence-corrected chi connectivity index (χ4v) is 3.79. The van der Waals surface area contributed by atoms with Crippen LogP contribution in [0.5, 0.6) is 5.75 Å². The van der Waals surface area contributed by atoms with Gasteiger partial charge in [0.05, 0.1) is 37.6 Å². The van der Waals surface area contributed by atoms with E-state index in [1.165, 1.54) is 19.2 Å². The number of esters is 1. The highest BCUT2D eigenvalue weighted by molar-refractivity contribution is 6.04. The summed E-state index contributed by atoms with van der Waals surface area (Å²) >= 11 is 0. The Morgan fingerprint density at radius 3 is 2.25 bits per heavy atom. The maximum atomic E-state index is 13.5. The first-order valence-corrected chi connectivity index (χ1v) is 9.65. The number of amides is 1. The number of carbonyl (C=O) groups excluding carboxylic acids is 2. The molecule has 1 fully saturated rings. The van der Waals surface area contributed by atoms with Gasteiger partial charge in [0, 0.05) is 20.1 Å². The second kappa shape index (κ2) is 10.4. The van der Waals surface area contributed by atoms with E-state index in [-0.39, 0.29) is 36.4 Å². The summed E-state index contributed by atoms with van der Waals surface area (Å²) in [7, 11) is 4.39. The van der Waals surface area contributed by atoms with Crippen LogP contribution in [0.3, 0.4) is 0 Å². The van der Waals surface area contributed by atoms with Gasteiger partial charge in [0.1, 0.15) is 5.75 Å². The van der Waals surface area contributed by atoms with E-state index in [1.807, 2.05) is 0 Å². The number of carbonyl (C=O) groups is 2. The average molecular weight is 393 g/mol. The largest absolute Gasteiger partial charge is 0.508 e. The highest BCUT2D eigenvalue weighted by Gasteiger charge is 2.35. The number of phenols is 1. The molecule has 7 nitrogen and oxygen atoms in total. The lowest BCUT2D eigenvalue weighted by atomic mass is 9.82. The van der Waals surface area contributed by atoms with Gasteiger partial charge in [-0.15, -0.1) is 0 Å². The number of hydrogen-bond acceptors (Lipinski definition) is 6. The third kappa shape index (κ3) is 5.23. The molecule has 28 heavy (non-hydrogen) atoms. The zero-order valence-corrected chi connectivity index (χ0v) is 17.1. The highest BCUT2D eigenvalue weighted by atomic mass is 16.5. The molecule has 0 bridgehead atoms. The number of nitrogens with zero attached hydrogens (tertiary/aromatic N) is 1. The van der Waals surface area contributed by atoms with Crippen LogP contribution in [0, 0.1) is 11.8 Å². The zero-order valence-electron chi connectivity index (χ0n) is 17.1. The van der Waals surface area contributed by atoms with E-state index < -0.39 is 12.0 Å². The van der Waals surface area contributed by atoms with Crippen molar-refractivity contribution in [3.8, 4) is 5.75 Å². The summed E-state index contributed by atoms with van der Waals surface area (Å²) in [6, 6.07) is 3.95.